The van der Waals surface area contributed by atoms with Gasteiger partial charge in [0.25, 0.3) is 5.91 Å². The zero-order valence-corrected chi connectivity index (χ0v) is 22.9. The fourth-order valence-corrected chi connectivity index (χ4v) is 4.56. The zero-order valence-electron chi connectivity index (χ0n) is 22.0. The number of carbonyl (C=O) groups is 3. The Morgan fingerprint density at radius 3 is 2.10 bits per heavy atom. The first kappa shape index (κ1) is 32.1. The molecule has 0 bridgehead atoms. The molecule has 16 heteroatoms. The molecule has 0 aliphatic carbocycles. The maximum Gasteiger partial charge on any atom is 0.490 e. The van der Waals surface area contributed by atoms with Gasteiger partial charge < -0.3 is 25.5 Å². The summed E-state index contributed by atoms with van der Waals surface area (Å²) in [5, 5.41) is 13.3. The number of sulfonamides is 1. The SMILES string of the molecule is CC(C)NC(=O)CN1CCN(C(=O)c2ccc(N3CCNCC3)c(NS(C)(=O)=O)c2)CC1.O=C(O)C(F)(F)F. The van der Waals surface area contributed by atoms with Crippen molar-refractivity contribution in [2.75, 3.05) is 74.8 Å². The van der Waals surface area contributed by atoms with Crippen LogP contribution in [0, 0.1) is 0 Å². The van der Waals surface area contributed by atoms with Crippen molar-refractivity contribution in [3.63, 3.8) is 0 Å². The highest BCUT2D eigenvalue weighted by molar-refractivity contribution is 7.92. The Morgan fingerprint density at radius 1 is 1.05 bits per heavy atom. The minimum absolute atomic E-state index is 0.0141. The van der Waals surface area contributed by atoms with Crippen molar-refractivity contribution in [1.29, 1.82) is 0 Å². The van der Waals surface area contributed by atoms with Crippen LogP contribution in [0.1, 0.15) is 24.2 Å². The number of anilines is 2. The Bertz CT molecular complexity index is 1120. The molecule has 1 aromatic carbocycles. The fraction of sp³-hybridized carbons (Fsp3) is 0.609. The lowest BCUT2D eigenvalue weighted by atomic mass is 10.1. The second-order valence-corrected chi connectivity index (χ2v) is 11.2. The van der Waals surface area contributed by atoms with Gasteiger partial charge >= 0.3 is 12.1 Å². The lowest BCUT2D eigenvalue weighted by Gasteiger charge is -2.35. The van der Waals surface area contributed by atoms with Crippen LogP contribution in [0.4, 0.5) is 24.5 Å². The summed E-state index contributed by atoms with van der Waals surface area (Å²) < 4.78 is 58.2. The molecule has 2 amide bonds. The molecule has 3 rings (SSSR count). The number of halogens is 3. The molecule has 2 saturated heterocycles. The van der Waals surface area contributed by atoms with Gasteiger partial charge in [-0.15, -0.1) is 0 Å². The van der Waals surface area contributed by atoms with Crippen LogP contribution in [-0.4, -0.2) is 118 Å². The fourth-order valence-electron chi connectivity index (χ4n) is 3.99. The van der Waals surface area contributed by atoms with Crippen molar-refractivity contribution < 1.29 is 41.1 Å². The van der Waals surface area contributed by atoms with E-state index in [-0.39, 0.29) is 17.9 Å². The Kier molecular flexibility index (Phi) is 11.4. The van der Waals surface area contributed by atoms with Crippen LogP contribution < -0.4 is 20.3 Å². The van der Waals surface area contributed by atoms with Crippen LogP contribution in [0.2, 0.25) is 0 Å². The van der Waals surface area contributed by atoms with E-state index in [2.05, 4.69) is 20.3 Å². The largest absolute Gasteiger partial charge is 0.490 e. The van der Waals surface area contributed by atoms with Crippen LogP contribution in [0.3, 0.4) is 0 Å². The van der Waals surface area contributed by atoms with Crippen molar-refractivity contribution in [2.45, 2.75) is 26.1 Å². The van der Waals surface area contributed by atoms with Crippen molar-refractivity contribution in [2.24, 2.45) is 0 Å². The molecule has 1 aromatic rings. The molecule has 2 aliphatic heterocycles. The topological polar surface area (TPSA) is 151 Å². The molecule has 0 atom stereocenters. The monoisotopic (exact) mass is 580 g/mol. The van der Waals surface area contributed by atoms with Crippen molar-refractivity contribution in [3.05, 3.63) is 23.8 Å². The summed E-state index contributed by atoms with van der Waals surface area (Å²) in [7, 11) is -3.50. The Balaban J connectivity index is 0.000000673. The number of nitrogens with zero attached hydrogens (tertiary/aromatic N) is 3. The maximum atomic E-state index is 13.1. The normalized spacial score (nSPS) is 16.8. The molecule has 0 unspecified atom stereocenters. The van der Waals surface area contributed by atoms with Gasteiger partial charge in [0, 0.05) is 64.0 Å². The van der Waals surface area contributed by atoms with Gasteiger partial charge in [0.05, 0.1) is 24.2 Å². The lowest BCUT2D eigenvalue weighted by molar-refractivity contribution is -0.192. The number of carboxylic acids is 1. The summed E-state index contributed by atoms with van der Waals surface area (Å²) in [4.78, 5) is 39.9. The van der Waals surface area contributed by atoms with Gasteiger partial charge in [-0.25, -0.2) is 13.2 Å². The zero-order chi connectivity index (χ0) is 29.4. The van der Waals surface area contributed by atoms with E-state index in [1.165, 1.54) is 0 Å². The van der Waals surface area contributed by atoms with Crippen LogP contribution in [0.5, 0.6) is 0 Å². The van der Waals surface area contributed by atoms with Crippen molar-refractivity contribution in [1.82, 2.24) is 20.4 Å². The first-order valence-corrected chi connectivity index (χ1v) is 14.1. The summed E-state index contributed by atoms with van der Waals surface area (Å²) in [5.74, 6) is -2.91. The molecular weight excluding hydrogens is 545 g/mol. The molecule has 4 N–H and O–H groups in total. The smallest absolute Gasteiger partial charge is 0.475 e. The number of rotatable bonds is 7. The summed E-state index contributed by atoms with van der Waals surface area (Å²) in [6.07, 6.45) is -3.97. The van der Waals surface area contributed by atoms with E-state index in [4.69, 9.17) is 9.90 Å². The number of carboxylic acid groups (broad SMARTS) is 1. The van der Waals surface area contributed by atoms with Gasteiger partial charge in [-0.1, -0.05) is 0 Å². The number of carbonyl (C=O) groups excluding carboxylic acids is 2. The van der Waals surface area contributed by atoms with Gasteiger partial charge in [0.1, 0.15) is 0 Å². The molecule has 2 heterocycles. The number of amides is 2. The highest BCUT2D eigenvalue weighted by atomic mass is 32.2. The van der Waals surface area contributed by atoms with Crippen LogP contribution in [-0.2, 0) is 19.6 Å². The van der Waals surface area contributed by atoms with E-state index >= 15 is 0 Å². The molecule has 0 radical (unpaired) electrons. The molecule has 2 aliphatic rings. The van der Waals surface area contributed by atoms with E-state index < -0.39 is 22.2 Å². The van der Waals surface area contributed by atoms with E-state index in [0.29, 0.717) is 44.0 Å². The third kappa shape index (κ3) is 10.9. The maximum absolute atomic E-state index is 13.1. The number of nitrogens with one attached hydrogen (secondary N) is 3. The Morgan fingerprint density at radius 2 is 1.62 bits per heavy atom. The number of piperazine rings is 2. The molecule has 220 valence electrons. The molecule has 0 spiro atoms. The number of aliphatic carboxylic acids is 1. The summed E-state index contributed by atoms with van der Waals surface area (Å²) >= 11 is 0. The minimum atomic E-state index is -5.08. The first-order valence-electron chi connectivity index (χ1n) is 12.3. The minimum Gasteiger partial charge on any atom is -0.475 e. The Hall–Kier alpha value is -3.11. The standard InChI is InChI=1S/C21H34N6O4S.C2HF3O2/c1-16(2)23-20(28)15-25-10-12-27(13-11-25)21(29)17-4-5-19(26-8-6-22-7-9-26)18(14-17)24-32(3,30)31;3-2(4,5)1(6)7/h4-5,14,16,22,24H,6-13,15H2,1-3H3,(H,23,28);(H,6,7). The predicted molar refractivity (Wildman–Crippen MR) is 139 cm³/mol. The van der Waals surface area contributed by atoms with Crippen LogP contribution >= 0.6 is 0 Å². The first-order chi connectivity index (χ1) is 18.1. The molecule has 39 heavy (non-hydrogen) atoms. The van der Waals surface area contributed by atoms with Crippen LogP contribution in [0.15, 0.2) is 18.2 Å². The van der Waals surface area contributed by atoms with Gasteiger partial charge in [0.2, 0.25) is 15.9 Å². The van der Waals surface area contributed by atoms with E-state index in [1.807, 2.05) is 24.8 Å². The molecular formula is C23H35F3N6O6S. The third-order valence-electron chi connectivity index (χ3n) is 5.72. The average molecular weight is 581 g/mol. The lowest BCUT2D eigenvalue weighted by Crippen LogP contribution is -2.51. The van der Waals surface area contributed by atoms with Crippen molar-refractivity contribution >= 4 is 39.2 Å². The molecule has 0 saturated carbocycles. The highest BCUT2D eigenvalue weighted by Crippen LogP contribution is 2.29. The quantitative estimate of drug-likeness (QED) is 0.359. The van der Waals surface area contributed by atoms with E-state index in [9.17, 15) is 31.2 Å². The van der Waals surface area contributed by atoms with Gasteiger partial charge in [-0.2, -0.15) is 13.2 Å². The van der Waals surface area contributed by atoms with Gasteiger partial charge in [-0.05, 0) is 32.0 Å². The second kappa shape index (κ2) is 13.8. The number of benzene rings is 1. The highest BCUT2D eigenvalue weighted by Gasteiger charge is 2.38. The summed E-state index contributed by atoms with van der Waals surface area (Å²) in [6, 6.07) is 5.31. The number of alkyl halides is 3. The van der Waals surface area contributed by atoms with Crippen LogP contribution in [0.25, 0.3) is 0 Å². The number of hydrogen-bond donors (Lipinski definition) is 4. The molecule has 2 fully saturated rings. The average Bonchev–Trinajstić information content (AvgIpc) is 2.83. The van der Waals surface area contributed by atoms with Gasteiger partial charge in [0.15, 0.2) is 0 Å². The third-order valence-corrected chi connectivity index (χ3v) is 6.31. The molecule has 12 nitrogen and oxygen atoms in total. The van der Waals surface area contributed by atoms with E-state index in [1.54, 1.807) is 17.0 Å². The molecule has 0 aromatic heterocycles. The Labute approximate surface area is 225 Å². The van der Waals surface area contributed by atoms with E-state index in [0.717, 1.165) is 38.1 Å². The second-order valence-electron chi connectivity index (χ2n) is 9.44. The summed E-state index contributed by atoms with van der Waals surface area (Å²) in [5.41, 5.74) is 1.64. The summed E-state index contributed by atoms with van der Waals surface area (Å²) in [6.45, 7) is 9.60. The predicted octanol–water partition coefficient (Wildman–Crippen LogP) is 0.383. The van der Waals surface area contributed by atoms with Gasteiger partial charge in [-0.3, -0.25) is 19.2 Å². The number of hydrogen-bond acceptors (Lipinski definition) is 8. The van der Waals surface area contributed by atoms with Crippen molar-refractivity contribution in [3.8, 4) is 0 Å².